The van der Waals surface area contributed by atoms with Gasteiger partial charge in [-0.2, -0.15) is 5.10 Å². The van der Waals surface area contributed by atoms with Gasteiger partial charge in [0.2, 0.25) is 0 Å². The molecule has 1 fully saturated rings. The second kappa shape index (κ2) is 5.81. The van der Waals surface area contributed by atoms with Crippen LogP contribution in [0.2, 0.25) is 0 Å². The molecule has 0 N–H and O–H groups in total. The molecule has 5 nitrogen and oxygen atoms in total. The molecule has 3 aromatic heterocycles. The fourth-order valence-electron chi connectivity index (χ4n) is 3.58. The summed E-state index contributed by atoms with van der Waals surface area (Å²) in [5.41, 5.74) is 4.75. The van der Waals surface area contributed by atoms with Gasteiger partial charge < -0.3 is 4.57 Å². The minimum atomic E-state index is 0.568. The Morgan fingerprint density at radius 3 is 2.78 bits per heavy atom. The van der Waals surface area contributed by atoms with E-state index in [4.69, 9.17) is 4.98 Å². The van der Waals surface area contributed by atoms with Crippen LogP contribution in [0.1, 0.15) is 35.8 Å². The van der Waals surface area contributed by atoms with Crippen LogP contribution in [0.4, 0.5) is 0 Å². The highest BCUT2D eigenvalue weighted by Gasteiger charge is 2.22. The number of aromatic nitrogens is 4. The molecule has 0 aromatic carbocycles. The third kappa shape index (κ3) is 2.77. The summed E-state index contributed by atoms with van der Waals surface area (Å²) >= 11 is 0. The number of likely N-dealkylation sites (tertiary alicyclic amines) is 1. The topological polar surface area (TPSA) is 38.4 Å². The summed E-state index contributed by atoms with van der Waals surface area (Å²) in [5, 5.41) is 4.31. The van der Waals surface area contributed by atoms with Gasteiger partial charge >= 0.3 is 0 Å². The molecule has 4 rings (SSSR count). The summed E-state index contributed by atoms with van der Waals surface area (Å²) in [4.78, 5) is 7.36. The van der Waals surface area contributed by atoms with Crippen molar-refractivity contribution in [3.05, 3.63) is 53.7 Å². The average Bonchev–Trinajstić information content (AvgIpc) is 3.18. The maximum absolute atomic E-state index is 4.81. The Bertz CT molecular complexity index is 808. The summed E-state index contributed by atoms with van der Waals surface area (Å²) in [6.07, 6.45) is 6.31. The van der Waals surface area contributed by atoms with Crippen molar-refractivity contribution < 1.29 is 0 Å². The van der Waals surface area contributed by atoms with Crippen LogP contribution in [0.3, 0.4) is 0 Å². The molecule has 0 spiro atoms. The molecular weight excluding hydrogens is 286 g/mol. The Labute approximate surface area is 136 Å². The lowest BCUT2D eigenvalue weighted by Crippen LogP contribution is -2.33. The summed E-state index contributed by atoms with van der Waals surface area (Å²) < 4.78 is 4.12. The molecular formula is C18H23N5. The van der Waals surface area contributed by atoms with Crippen LogP contribution < -0.4 is 0 Å². The predicted molar refractivity (Wildman–Crippen MR) is 90.4 cm³/mol. The zero-order chi connectivity index (χ0) is 15.8. The van der Waals surface area contributed by atoms with Crippen molar-refractivity contribution in [1.29, 1.82) is 0 Å². The lowest BCUT2D eigenvalue weighted by molar-refractivity contribution is 0.199. The van der Waals surface area contributed by atoms with Crippen molar-refractivity contribution in [3.8, 4) is 0 Å². The van der Waals surface area contributed by atoms with Gasteiger partial charge in [-0.05, 0) is 51.1 Å². The van der Waals surface area contributed by atoms with Gasteiger partial charge in [-0.25, -0.2) is 9.50 Å². The van der Waals surface area contributed by atoms with E-state index in [1.165, 1.54) is 29.9 Å². The number of fused-ring (bicyclic) bond motifs is 1. The fourth-order valence-corrected chi connectivity index (χ4v) is 3.58. The molecule has 3 aromatic rings. The van der Waals surface area contributed by atoms with Crippen LogP contribution in [0.25, 0.3) is 5.65 Å². The Hall–Kier alpha value is -2.14. The van der Waals surface area contributed by atoms with Crippen molar-refractivity contribution in [3.63, 3.8) is 0 Å². The van der Waals surface area contributed by atoms with Gasteiger partial charge in [0.15, 0.2) is 5.65 Å². The van der Waals surface area contributed by atoms with Gasteiger partial charge in [0, 0.05) is 48.9 Å². The lowest BCUT2D eigenvalue weighted by Gasteiger charge is -2.31. The molecule has 0 radical (unpaired) electrons. The van der Waals surface area contributed by atoms with Gasteiger partial charge in [0.1, 0.15) is 0 Å². The van der Waals surface area contributed by atoms with Crippen molar-refractivity contribution in [2.75, 3.05) is 13.1 Å². The normalized spacial score (nSPS) is 17.1. The van der Waals surface area contributed by atoms with Gasteiger partial charge in [-0.3, -0.25) is 4.90 Å². The van der Waals surface area contributed by atoms with E-state index in [-0.39, 0.29) is 0 Å². The molecule has 1 aliphatic rings. The fraction of sp³-hybridized carbons (Fsp3) is 0.444. The van der Waals surface area contributed by atoms with Gasteiger partial charge in [-0.1, -0.05) is 0 Å². The number of nitrogens with zero attached hydrogens (tertiary/aromatic N) is 5. The Morgan fingerprint density at radius 1 is 1.22 bits per heavy atom. The van der Waals surface area contributed by atoms with Gasteiger partial charge in [0.05, 0.1) is 6.20 Å². The largest absolute Gasteiger partial charge is 0.353 e. The first kappa shape index (κ1) is 14.5. The van der Waals surface area contributed by atoms with Crippen molar-refractivity contribution in [2.45, 2.75) is 32.2 Å². The number of hydrogen-bond acceptors (Lipinski definition) is 3. The third-order valence-corrected chi connectivity index (χ3v) is 5.00. The molecule has 5 heteroatoms. The SMILES string of the molecule is Cc1cc(C2CCN(Cc3cccn3C)CC2)nc2ccnn12. The van der Waals surface area contributed by atoms with Gasteiger partial charge in [-0.15, -0.1) is 0 Å². The first-order valence-electron chi connectivity index (χ1n) is 8.34. The van der Waals surface area contributed by atoms with Crippen LogP contribution in [0.15, 0.2) is 36.7 Å². The zero-order valence-electron chi connectivity index (χ0n) is 13.8. The highest BCUT2D eigenvalue weighted by molar-refractivity contribution is 5.39. The van der Waals surface area contributed by atoms with E-state index in [9.17, 15) is 0 Å². The van der Waals surface area contributed by atoms with E-state index in [0.29, 0.717) is 5.92 Å². The standard InChI is InChI=1S/C18H23N5/c1-14-12-17(20-18-5-8-19-23(14)18)15-6-10-22(11-7-15)13-16-4-3-9-21(16)2/h3-5,8-9,12,15H,6-7,10-11,13H2,1-2H3. The highest BCUT2D eigenvalue weighted by Crippen LogP contribution is 2.28. The first-order chi connectivity index (χ1) is 11.2. The third-order valence-electron chi connectivity index (χ3n) is 5.00. The molecule has 1 saturated heterocycles. The highest BCUT2D eigenvalue weighted by atomic mass is 15.2. The van der Waals surface area contributed by atoms with Gasteiger partial charge in [0.25, 0.3) is 0 Å². The summed E-state index contributed by atoms with van der Waals surface area (Å²) in [6.45, 7) is 5.43. The Balaban J connectivity index is 1.45. The van der Waals surface area contributed by atoms with Crippen LogP contribution in [-0.2, 0) is 13.6 Å². The quantitative estimate of drug-likeness (QED) is 0.747. The molecule has 0 aliphatic carbocycles. The molecule has 4 heterocycles. The number of aryl methyl sites for hydroxylation is 2. The van der Waals surface area contributed by atoms with E-state index in [1.807, 2.05) is 16.8 Å². The maximum Gasteiger partial charge on any atom is 0.155 e. The molecule has 0 saturated carbocycles. The van der Waals surface area contributed by atoms with Crippen LogP contribution in [0.5, 0.6) is 0 Å². The summed E-state index contributed by atoms with van der Waals surface area (Å²) in [7, 11) is 2.12. The zero-order valence-corrected chi connectivity index (χ0v) is 13.8. The Morgan fingerprint density at radius 2 is 2.04 bits per heavy atom. The minimum Gasteiger partial charge on any atom is -0.353 e. The van der Waals surface area contributed by atoms with E-state index >= 15 is 0 Å². The van der Waals surface area contributed by atoms with Crippen LogP contribution in [-0.4, -0.2) is 37.2 Å². The maximum atomic E-state index is 4.81. The van der Waals surface area contributed by atoms with E-state index in [1.54, 1.807) is 0 Å². The number of rotatable bonds is 3. The smallest absolute Gasteiger partial charge is 0.155 e. The van der Waals surface area contributed by atoms with Crippen molar-refractivity contribution in [2.24, 2.45) is 7.05 Å². The van der Waals surface area contributed by atoms with Crippen molar-refractivity contribution >= 4 is 5.65 Å². The summed E-state index contributed by atoms with van der Waals surface area (Å²) in [6, 6.07) is 8.53. The van der Waals surface area contributed by atoms with E-state index in [0.717, 1.165) is 25.3 Å². The first-order valence-corrected chi connectivity index (χ1v) is 8.34. The molecule has 0 unspecified atom stereocenters. The lowest BCUT2D eigenvalue weighted by atomic mass is 9.93. The molecule has 0 bridgehead atoms. The number of hydrogen-bond donors (Lipinski definition) is 0. The second-order valence-corrected chi connectivity index (χ2v) is 6.58. The molecule has 120 valence electrons. The molecule has 1 aliphatic heterocycles. The Kier molecular flexibility index (Phi) is 3.65. The molecule has 0 amide bonds. The van der Waals surface area contributed by atoms with Crippen molar-refractivity contribution in [1.82, 2.24) is 24.1 Å². The predicted octanol–water partition coefficient (Wildman–Crippen LogP) is 2.76. The molecule has 0 atom stereocenters. The monoisotopic (exact) mass is 309 g/mol. The minimum absolute atomic E-state index is 0.568. The van der Waals surface area contributed by atoms with Crippen LogP contribution >= 0.6 is 0 Å². The van der Waals surface area contributed by atoms with E-state index in [2.05, 4.69) is 52.9 Å². The van der Waals surface area contributed by atoms with E-state index < -0.39 is 0 Å². The summed E-state index contributed by atoms with van der Waals surface area (Å²) in [5.74, 6) is 0.568. The molecule has 23 heavy (non-hydrogen) atoms. The van der Waals surface area contributed by atoms with Crippen LogP contribution in [0, 0.1) is 6.92 Å². The average molecular weight is 309 g/mol. The second-order valence-electron chi connectivity index (χ2n) is 6.58. The number of piperidine rings is 1.